The van der Waals surface area contributed by atoms with Crippen molar-refractivity contribution in [3.63, 3.8) is 0 Å². The van der Waals surface area contributed by atoms with Gasteiger partial charge in [-0.15, -0.1) is 11.3 Å². The van der Waals surface area contributed by atoms with E-state index in [0.29, 0.717) is 13.0 Å². The molecule has 0 atom stereocenters. The number of nitrogens with one attached hydrogen (secondary N) is 1. The first-order valence-electron chi connectivity index (χ1n) is 9.18. The molecule has 0 unspecified atom stereocenters. The summed E-state index contributed by atoms with van der Waals surface area (Å²) in [5, 5.41) is 3.19. The minimum atomic E-state index is 0.170. The van der Waals surface area contributed by atoms with E-state index < -0.39 is 0 Å². The maximum atomic E-state index is 13.1. The molecule has 0 aliphatic carbocycles. The van der Waals surface area contributed by atoms with E-state index >= 15 is 0 Å². The highest BCUT2D eigenvalue weighted by atomic mass is 32.1. The molecule has 0 aliphatic heterocycles. The zero-order valence-electron chi connectivity index (χ0n) is 15.1. The molecule has 0 bridgehead atoms. The number of hydrogen-bond acceptors (Lipinski definition) is 2. The van der Waals surface area contributed by atoms with Crippen LogP contribution in [0.3, 0.4) is 0 Å². The van der Waals surface area contributed by atoms with Gasteiger partial charge in [-0.3, -0.25) is 4.79 Å². The van der Waals surface area contributed by atoms with Gasteiger partial charge in [-0.05, 0) is 35.1 Å². The predicted octanol–water partition coefficient (Wildman–Crippen LogP) is 5.04. The molecule has 4 aromatic rings. The number of carbonyl (C=O) groups excluding carboxylic acids is 1. The summed E-state index contributed by atoms with van der Waals surface area (Å²) in [5.41, 5.74) is 3.40. The monoisotopic (exact) mass is 374 g/mol. The highest BCUT2D eigenvalue weighted by molar-refractivity contribution is 7.09. The van der Waals surface area contributed by atoms with Crippen LogP contribution in [0, 0.1) is 0 Å². The van der Waals surface area contributed by atoms with Crippen molar-refractivity contribution in [3.8, 4) is 0 Å². The Morgan fingerprint density at radius 3 is 2.59 bits per heavy atom. The summed E-state index contributed by atoms with van der Waals surface area (Å²) < 4.78 is 0. The minimum absolute atomic E-state index is 0.170. The molecule has 0 saturated heterocycles. The van der Waals surface area contributed by atoms with Crippen molar-refractivity contribution >= 4 is 28.1 Å². The number of carbonyl (C=O) groups is 1. The molecular formula is C23H22N2OS. The number of benzene rings is 2. The Morgan fingerprint density at radius 1 is 0.963 bits per heavy atom. The van der Waals surface area contributed by atoms with Gasteiger partial charge in [0.05, 0.1) is 13.0 Å². The number of rotatable bonds is 7. The number of fused-ring (bicyclic) bond motifs is 1. The Bertz CT molecular complexity index is 1010. The van der Waals surface area contributed by atoms with Crippen molar-refractivity contribution in [2.75, 3.05) is 6.54 Å². The van der Waals surface area contributed by atoms with Gasteiger partial charge in [0.1, 0.15) is 0 Å². The molecule has 1 amide bonds. The maximum absolute atomic E-state index is 13.1. The molecule has 136 valence electrons. The first-order chi connectivity index (χ1) is 13.3. The zero-order chi connectivity index (χ0) is 18.5. The molecule has 0 radical (unpaired) electrons. The molecule has 4 rings (SSSR count). The van der Waals surface area contributed by atoms with Crippen LogP contribution in [0.25, 0.3) is 10.9 Å². The van der Waals surface area contributed by atoms with Gasteiger partial charge in [0.25, 0.3) is 0 Å². The van der Waals surface area contributed by atoms with Gasteiger partial charge in [-0.25, -0.2) is 0 Å². The van der Waals surface area contributed by atoms with Crippen molar-refractivity contribution in [2.45, 2.75) is 19.4 Å². The van der Waals surface area contributed by atoms with E-state index in [9.17, 15) is 4.79 Å². The second-order valence-corrected chi connectivity index (χ2v) is 7.70. The molecule has 27 heavy (non-hydrogen) atoms. The van der Waals surface area contributed by atoms with Crippen molar-refractivity contribution in [1.29, 1.82) is 0 Å². The lowest BCUT2D eigenvalue weighted by Crippen LogP contribution is -2.33. The molecule has 2 aromatic heterocycles. The van der Waals surface area contributed by atoms with Crippen LogP contribution in [0.2, 0.25) is 0 Å². The van der Waals surface area contributed by atoms with Crippen molar-refractivity contribution < 1.29 is 4.79 Å². The van der Waals surface area contributed by atoms with Crippen LogP contribution in [0.5, 0.6) is 0 Å². The number of H-pyrrole nitrogens is 1. The topological polar surface area (TPSA) is 36.1 Å². The van der Waals surface area contributed by atoms with E-state index in [2.05, 4.69) is 34.6 Å². The Hall–Kier alpha value is -2.85. The fraction of sp³-hybridized carbons (Fsp3) is 0.174. The first-order valence-corrected chi connectivity index (χ1v) is 10.1. The first kappa shape index (κ1) is 17.6. The lowest BCUT2D eigenvalue weighted by atomic mass is 10.1. The van der Waals surface area contributed by atoms with Crippen LogP contribution in [-0.2, 0) is 24.2 Å². The van der Waals surface area contributed by atoms with E-state index in [0.717, 1.165) is 29.4 Å². The third-order valence-electron chi connectivity index (χ3n) is 4.81. The normalized spacial score (nSPS) is 11.0. The molecule has 1 N–H and O–H groups in total. The summed E-state index contributed by atoms with van der Waals surface area (Å²) in [6.45, 7) is 1.40. The summed E-state index contributed by atoms with van der Waals surface area (Å²) in [6.07, 6.45) is 3.25. The predicted molar refractivity (Wildman–Crippen MR) is 112 cm³/mol. The molecule has 0 saturated carbocycles. The molecule has 2 aromatic carbocycles. The number of aromatic amines is 1. The molecule has 0 fully saturated rings. The van der Waals surface area contributed by atoms with E-state index in [-0.39, 0.29) is 5.91 Å². The highest BCUT2D eigenvalue weighted by Crippen LogP contribution is 2.20. The molecule has 2 heterocycles. The van der Waals surface area contributed by atoms with Crippen molar-refractivity contribution in [1.82, 2.24) is 9.88 Å². The summed E-state index contributed by atoms with van der Waals surface area (Å²) in [7, 11) is 0. The van der Waals surface area contributed by atoms with Crippen molar-refractivity contribution in [3.05, 3.63) is 94.3 Å². The lowest BCUT2D eigenvalue weighted by molar-refractivity contribution is -0.131. The Balaban J connectivity index is 1.50. The average molecular weight is 375 g/mol. The van der Waals surface area contributed by atoms with Crippen LogP contribution in [-0.4, -0.2) is 22.3 Å². The van der Waals surface area contributed by atoms with Crippen LogP contribution in [0.1, 0.15) is 16.0 Å². The molecular weight excluding hydrogens is 352 g/mol. The smallest absolute Gasteiger partial charge is 0.227 e. The minimum Gasteiger partial charge on any atom is -0.361 e. The van der Waals surface area contributed by atoms with Gasteiger partial charge >= 0.3 is 0 Å². The maximum Gasteiger partial charge on any atom is 0.227 e. The highest BCUT2D eigenvalue weighted by Gasteiger charge is 2.17. The lowest BCUT2D eigenvalue weighted by Gasteiger charge is -2.22. The molecule has 0 aliphatic rings. The Morgan fingerprint density at radius 2 is 1.78 bits per heavy atom. The van der Waals surface area contributed by atoms with Crippen LogP contribution in [0.15, 0.2) is 78.3 Å². The van der Waals surface area contributed by atoms with E-state index in [1.165, 1.54) is 10.4 Å². The third-order valence-corrected chi connectivity index (χ3v) is 5.67. The van der Waals surface area contributed by atoms with Crippen molar-refractivity contribution in [2.24, 2.45) is 0 Å². The SMILES string of the molecule is O=C(Cc1c[nH]c2ccccc12)N(CCc1ccccc1)Cc1cccs1. The fourth-order valence-electron chi connectivity index (χ4n) is 3.34. The number of hydrogen-bond donors (Lipinski definition) is 1. The van der Waals surface area contributed by atoms with Gasteiger partial charge in [-0.1, -0.05) is 54.6 Å². The third kappa shape index (κ3) is 4.29. The number of thiophene rings is 1. The fourth-order valence-corrected chi connectivity index (χ4v) is 4.06. The molecule has 0 spiro atoms. The summed E-state index contributed by atoms with van der Waals surface area (Å²) >= 11 is 1.70. The van der Waals surface area contributed by atoms with E-state index in [1.807, 2.05) is 53.6 Å². The van der Waals surface area contributed by atoms with Crippen LogP contribution in [0.4, 0.5) is 0 Å². The molecule has 3 nitrogen and oxygen atoms in total. The summed E-state index contributed by atoms with van der Waals surface area (Å²) in [4.78, 5) is 19.6. The Labute approximate surface area is 163 Å². The van der Waals surface area contributed by atoms with Crippen LogP contribution < -0.4 is 0 Å². The summed E-state index contributed by atoms with van der Waals surface area (Å²) in [6, 6.07) is 22.6. The number of nitrogens with zero attached hydrogens (tertiary/aromatic N) is 1. The number of aromatic nitrogens is 1. The number of para-hydroxylation sites is 1. The van der Waals surface area contributed by atoms with Gasteiger partial charge < -0.3 is 9.88 Å². The van der Waals surface area contributed by atoms with Gasteiger partial charge in [0.15, 0.2) is 0 Å². The van der Waals surface area contributed by atoms with Crippen LogP contribution >= 0.6 is 11.3 Å². The average Bonchev–Trinajstić information content (AvgIpc) is 3.36. The van der Waals surface area contributed by atoms with Gasteiger partial charge in [0, 0.05) is 28.5 Å². The van der Waals surface area contributed by atoms with Gasteiger partial charge in [0.2, 0.25) is 5.91 Å². The van der Waals surface area contributed by atoms with E-state index in [1.54, 1.807) is 11.3 Å². The van der Waals surface area contributed by atoms with E-state index in [4.69, 9.17) is 0 Å². The largest absolute Gasteiger partial charge is 0.361 e. The quantitative estimate of drug-likeness (QED) is 0.483. The summed E-state index contributed by atoms with van der Waals surface area (Å²) in [5.74, 6) is 0.170. The Kier molecular flexibility index (Phi) is 5.35. The second-order valence-electron chi connectivity index (χ2n) is 6.67. The molecule has 4 heteroatoms. The standard InChI is InChI=1S/C23H22N2OS/c26-23(15-19-16-24-22-11-5-4-10-21(19)22)25(17-20-9-6-14-27-20)13-12-18-7-2-1-3-8-18/h1-11,14,16,24H,12-13,15,17H2. The van der Waals surface area contributed by atoms with Gasteiger partial charge in [-0.2, -0.15) is 0 Å². The zero-order valence-corrected chi connectivity index (χ0v) is 15.9. The number of amides is 1. The second kappa shape index (κ2) is 8.23.